The van der Waals surface area contributed by atoms with E-state index in [4.69, 9.17) is 4.74 Å². The first-order chi connectivity index (χ1) is 9.93. The lowest BCUT2D eigenvalue weighted by Crippen LogP contribution is -2.38. The van der Waals surface area contributed by atoms with Gasteiger partial charge >= 0.3 is 0 Å². The van der Waals surface area contributed by atoms with E-state index in [1.165, 1.54) is 0 Å². The summed E-state index contributed by atoms with van der Waals surface area (Å²) in [6.45, 7) is 7.57. The molecule has 2 rings (SSSR count). The van der Waals surface area contributed by atoms with Crippen LogP contribution < -0.4 is 15.0 Å². The SMILES string of the molecule is COc1ccc2c(c1)C(=O)C(=O)N2CC(C)CNC(C)C. The number of carbonyl (C=O) groups is 2. The number of benzene rings is 1. The van der Waals surface area contributed by atoms with Crippen molar-refractivity contribution in [3.05, 3.63) is 23.8 Å². The lowest BCUT2D eigenvalue weighted by molar-refractivity contribution is -0.114. The molecule has 0 spiro atoms. The number of anilines is 1. The number of nitrogens with zero attached hydrogens (tertiary/aromatic N) is 1. The highest BCUT2D eigenvalue weighted by Gasteiger charge is 2.36. The standard InChI is InChI=1S/C16H22N2O3/c1-10(2)17-8-11(3)9-18-14-6-5-12(21-4)7-13(14)15(19)16(18)20/h5-7,10-11,17H,8-9H2,1-4H3. The maximum absolute atomic E-state index is 12.2. The van der Waals surface area contributed by atoms with Gasteiger partial charge in [0, 0.05) is 12.6 Å². The van der Waals surface area contributed by atoms with E-state index in [1.807, 2.05) is 0 Å². The van der Waals surface area contributed by atoms with Crippen LogP contribution >= 0.6 is 0 Å². The van der Waals surface area contributed by atoms with Crippen LogP contribution in [0.4, 0.5) is 5.69 Å². The van der Waals surface area contributed by atoms with Crippen molar-refractivity contribution in [3.8, 4) is 5.75 Å². The summed E-state index contributed by atoms with van der Waals surface area (Å²) in [5.74, 6) is -0.0500. The Bertz CT molecular complexity index is 554. The maximum Gasteiger partial charge on any atom is 0.299 e. The summed E-state index contributed by atoms with van der Waals surface area (Å²) in [5, 5.41) is 3.34. The monoisotopic (exact) mass is 290 g/mol. The lowest BCUT2D eigenvalue weighted by atomic mass is 10.1. The molecule has 1 unspecified atom stereocenters. The van der Waals surface area contributed by atoms with Gasteiger partial charge in [0.25, 0.3) is 11.7 Å². The van der Waals surface area contributed by atoms with E-state index >= 15 is 0 Å². The third kappa shape index (κ3) is 3.24. The minimum Gasteiger partial charge on any atom is -0.497 e. The first-order valence-corrected chi connectivity index (χ1v) is 7.21. The molecule has 114 valence electrons. The van der Waals surface area contributed by atoms with E-state index in [2.05, 4.69) is 26.1 Å². The molecule has 1 N–H and O–H groups in total. The molecule has 0 aromatic heterocycles. The zero-order valence-electron chi connectivity index (χ0n) is 13.0. The molecule has 0 radical (unpaired) electrons. The predicted octanol–water partition coefficient (Wildman–Crippen LogP) is 1.86. The Hall–Kier alpha value is -1.88. The zero-order chi connectivity index (χ0) is 15.6. The first-order valence-electron chi connectivity index (χ1n) is 7.21. The van der Waals surface area contributed by atoms with Crippen LogP contribution in [0.25, 0.3) is 0 Å². The molecule has 1 heterocycles. The molecular formula is C16H22N2O3. The Labute approximate surface area is 125 Å². The number of Topliss-reactive ketones (excluding diaryl/α,β-unsaturated/α-hetero) is 1. The maximum atomic E-state index is 12.2. The Morgan fingerprint density at radius 3 is 2.57 bits per heavy atom. The van der Waals surface area contributed by atoms with Gasteiger partial charge in [-0.3, -0.25) is 9.59 Å². The molecular weight excluding hydrogens is 268 g/mol. The van der Waals surface area contributed by atoms with Gasteiger partial charge in [-0.2, -0.15) is 0 Å². The number of carbonyl (C=O) groups excluding carboxylic acids is 2. The molecule has 0 saturated carbocycles. The molecule has 5 nitrogen and oxygen atoms in total. The van der Waals surface area contributed by atoms with Gasteiger partial charge in [0.1, 0.15) is 5.75 Å². The molecule has 0 saturated heterocycles. The van der Waals surface area contributed by atoms with Crippen LogP contribution in [0.2, 0.25) is 0 Å². The quantitative estimate of drug-likeness (QED) is 0.812. The fourth-order valence-electron chi connectivity index (χ4n) is 2.40. The first kappa shape index (κ1) is 15.5. The fourth-order valence-corrected chi connectivity index (χ4v) is 2.40. The van der Waals surface area contributed by atoms with E-state index in [0.29, 0.717) is 29.6 Å². The van der Waals surface area contributed by atoms with Gasteiger partial charge in [0.2, 0.25) is 0 Å². The average Bonchev–Trinajstić information content (AvgIpc) is 2.70. The van der Waals surface area contributed by atoms with Crippen LogP contribution in [-0.2, 0) is 4.79 Å². The second-order valence-electron chi connectivity index (χ2n) is 5.80. The van der Waals surface area contributed by atoms with Crippen LogP contribution in [0.1, 0.15) is 31.1 Å². The van der Waals surface area contributed by atoms with Crippen LogP contribution in [0.3, 0.4) is 0 Å². The summed E-state index contributed by atoms with van der Waals surface area (Å²) in [4.78, 5) is 25.8. The van der Waals surface area contributed by atoms with Crippen molar-refractivity contribution < 1.29 is 14.3 Å². The number of ketones is 1. The van der Waals surface area contributed by atoms with Gasteiger partial charge in [-0.15, -0.1) is 0 Å². The number of rotatable bonds is 6. The van der Waals surface area contributed by atoms with Crippen LogP contribution in [0.15, 0.2) is 18.2 Å². The molecule has 1 amide bonds. The third-order valence-corrected chi connectivity index (χ3v) is 3.55. The highest BCUT2D eigenvalue weighted by atomic mass is 16.5. The van der Waals surface area contributed by atoms with Crippen molar-refractivity contribution in [2.24, 2.45) is 5.92 Å². The van der Waals surface area contributed by atoms with Gasteiger partial charge in [-0.05, 0) is 30.7 Å². The summed E-state index contributed by atoms with van der Waals surface area (Å²) >= 11 is 0. The van der Waals surface area contributed by atoms with E-state index in [-0.39, 0.29) is 5.92 Å². The van der Waals surface area contributed by atoms with E-state index in [0.717, 1.165) is 6.54 Å². The van der Waals surface area contributed by atoms with E-state index in [9.17, 15) is 9.59 Å². The number of hydrogen-bond acceptors (Lipinski definition) is 4. The van der Waals surface area contributed by atoms with Crippen LogP contribution in [-0.4, -0.2) is 37.9 Å². The van der Waals surface area contributed by atoms with Gasteiger partial charge in [0.15, 0.2) is 0 Å². The molecule has 1 aromatic rings. The van der Waals surface area contributed by atoms with Crippen molar-refractivity contribution in [2.45, 2.75) is 26.8 Å². The smallest absolute Gasteiger partial charge is 0.299 e. The molecule has 0 aliphatic carbocycles. The second-order valence-corrected chi connectivity index (χ2v) is 5.80. The molecule has 21 heavy (non-hydrogen) atoms. The minimum absolute atomic E-state index is 0.261. The van der Waals surface area contributed by atoms with Crippen molar-refractivity contribution in [3.63, 3.8) is 0 Å². The van der Waals surface area contributed by atoms with Gasteiger partial charge < -0.3 is 15.0 Å². The Kier molecular flexibility index (Phi) is 4.63. The number of ether oxygens (including phenoxy) is 1. The predicted molar refractivity (Wildman–Crippen MR) is 82.0 cm³/mol. The zero-order valence-corrected chi connectivity index (χ0v) is 13.0. The molecule has 1 aromatic carbocycles. The van der Waals surface area contributed by atoms with Gasteiger partial charge in [0.05, 0.1) is 18.4 Å². The summed E-state index contributed by atoms with van der Waals surface area (Å²) in [5.41, 5.74) is 1.12. The normalized spacial score (nSPS) is 15.6. The van der Waals surface area contributed by atoms with Crippen molar-refractivity contribution >= 4 is 17.4 Å². The molecule has 1 aliphatic heterocycles. The topological polar surface area (TPSA) is 58.6 Å². The highest BCUT2D eigenvalue weighted by Crippen LogP contribution is 2.32. The van der Waals surface area contributed by atoms with Crippen LogP contribution in [0, 0.1) is 5.92 Å². The van der Waals surface area contributed by atoms with E-state index < -0.39 is 11.7 Å². The molecule has 0 fully saturated rings. The van der Waals surface area contributed by atoms with Crippen LogP contribution in [0.5, 0.6) is 5.75 Å². The average molecular weight is 290 g/mol. The highest BCUT2D eigenvalue weighted by molar-refractivity contribution is 6.52. The summed E-state index contributed by atoms with van der Waals surface area (Å²) in [6.07, 6.45) is 0. The Morgan fingerprint density at radius 2 is 1.95 bits per heavy atom. The van der Waals surface area contributed by atoms with Crippen molar-refractivity contribution in [1.29, 1.82) is 0 Å². The summed E-state index contributed by atoms with van der Waals surface area (Å²) in [6, 6.07) is 5.58. The second kappa shape index (κ2) is 6.26. The largest absolute Gasteiger partial charge is 0.497 e. The number of methoxy groups -OCH3 is 1. The third-order valence-electron chi connectivity index (χ3n) is 3.55. The summed E-state index contributed by atoms with van der Waals surface area (Å²) < 4.78 is 5.11. The van der Waals surface area contributed by atoms with Gasteiger partial charge in [-0.1, -0.05) is 20.8 Å². The molecule has 5 heteroatoms. The molecule has 0 bridgehead atoms. The molecule has 1 aliphatic rings. The number of hydrogen-bond donors (Lipinski definition) is 1. The number of fused-ring (bicyclic) bond motifs is 1. The molecule has 1 atom stereocenters. The van der Waals surface area contributed by atoms with E-state index in [1.54, 1.807) is 30.2 Å². The fraction of sp³-hybridized carbons (Fsp3) is 0.500. The van der Waals surface area contributed by atoms with Gasteiger partial charge in [-0.25, -0.2) is 0 Å². The van der Waals surface area contributed by atoms with Crippen molar-refractivity contribution in [2.75, 3.05) is 25.1 Å². The minimum atomic E-state index is -0.451. The Balaban J connectivity index is 2.15. The lowest BCUT2D eigenvalue weighted by Gasteiger charge is -2.22. The van der Waals surface area contributed by atoms with Crippen molar-refractivity contribution in [1.82, 2.24) is 5.32 Å². The summed E-state index contributed by atoms with van der Waals surface area (Å²) in [7, 11) is 1.54. The number of amides is 1. The Morgan fingerprint density at radius 1 is 1.24 bits per heavy atom. The number of nitrogens with one attached hydrogen (secondary N) is 1.